The van der Waals surface area contributed by atoms with Gasteiger partial charge < -0.3 is 15.5 Å². The van der Waals surface area contributed by atoms with Crippen LogP contribution in [0.5, 0.6) is 0 Å². The number of carbonyl (C=O) groups is 1. The van der Waals surface area contributed by atoms with Crippen LogP contribution in [-0.2, 0) is 12.8 Å². The Kier molecular flexibility index (Phi) is 7.06. The molecule has 5 heteroatoms. The molecule has 28 heavy (non-hydrogen) atoms. The summed E-state index contributed by atoms with van der Waals surface area (Å²) in [5, 5.41) is 9.61. The Bertz CT molecular complexity index is 891. The average molecular weight is 396 g/mol. The van der Waals surface area contributed by atoms with Gasteiger partial charge in [-0.1, -0.05) is 48.5 Å². The van der Waals surface area contributed by atoms with E-state index in [2.05, 4.69) is 90.5 Å². The summed E-state index contributed by atoms with van der Waals surface area (Å²) in [5.41, 5.74) is 2.57. The molecule has 2 amide bonds. The SMILES string of the molecule is C[C@H](Cc1csc2ccccc12)NC(=O)NCC(Cc1ccccc1)N(C)C. The van der Waals surface area contributed by atoms with E-state index in [1.54, 1.807) is 11.3 Å². The van der Waals surface area contributed by atoms with Crippen molar-refractivity contribution in [2.45, 2.75) is 31.8 Å². The maximum Gasteiger partial charge on any atom is 0.315 e. The van der Waals surface area contributed by atoms with Gasteiger partial charge in [0, 0.05) is 23.3 Å². The predicted octanol–water partition coefficient (Wildman–Crippen LogP) is 4.30. The van der Waals surface area contributed by atoms with Gasteiger partial charge in [0.1, 0.15) is 0 Å². The number of fused-ring (bicyclic) bond motifs is 1. The van der Waals surface area contributed by atoms with Crippen LogP contribution in [0.4, 0.5) is 4.79 Å². The third-order valence-electron chi connectivity index (χ3n) is 5.01. The van der Waals surface area contributed by atoms with Gasteiger partial charge in [-0.25, -0.2) is 4.79 Å². The zero-order chi connectivity index (χ0) is 19.9. The fourth-order valence-electron chi connectivity index (χ4n) is 3.38. The third kappa shape index (κ3) is 5.57. The van der Waals surface area contributed by atoms with Crippen LogP contribution in [0.1, 0.15) is 18.1 Å². The summed E-state index contributed by atoms with van der Waals surface area (Å²) >= 11 is 1.76. The van der Waals surface area contributed by atoms with E-state index in [9.17, 15) is 4.79 Å². The van der Waals surface area contributed by atoms with Crippen molar-refractivity contribution in [2.75, 3.05) is 20.6 Å². The first-order valence-corrected chi connectivity index (χ1v) is 10.6. The van der Waals surface area contributed by atoms with Crippen LogP contribution in [0.3, 0.4) is 0 Å². The van der Waals surface area contributed by atoms with Gasteiger partial charge in [0.2, 0.25) is 0 Å². The first-order valence-electron chi connectivity index (χ1n) is 9.72. The summed E-state index contributed by atoms with van der Waals surface area (Å²) in [6.07, 6.45) is 1.74. The molecular formula is C23H29N3OS. The maximum absolute atomic E-state index is 12.4. The molecular weight excluding hydrogens is 366 g/mol. The minimum absolute atomic E-state index is 0.0740. The minimum Gasteiger partial charge on any atom is -0.337 e. The van der Waals surface area contributed by atoms with Crippen LogP contribution in [0, 0.1) is 0 Å². The molecule has 0 aliphatic carbocycles. The second-order valence-electron chi connectivity index (χ2n) is 7.52. The van der Waals surface area contributed by atoms with Crippen molar-refractivity contribution in [1.82, 2.24) is 15.5 Å². The summed E-state index contributed by atoms with van der Waals surface area (Å²) in [6.45, 7) is 2.67. The van der Waals surface area contributed by atoms with Crippen LogP contribution in [0.15, 0.2) is 60.0 Å². The summed E-state index contributed by atoms with van der Waals surface area (Å²) in [5.74, 6) is 0. The van der Waals surface area contributed by atoms with Gasteiger partial charge in [-0.2, -0.15) is 0 Å². The number of nitrogens with zero attached hydrogens (tertiary/aromatic N) is 1. The number of carbonyl (C=O) groups excluding carboxylic acids is 1. The van der Waals surface area contributed by atoms with Gasteiger partial charge in [-0.3, -0.25) is 0 Å². The zero-order valence-corrected chi connectivity index (χ0v) is 17.6. The highest BCUT2D eigenvalue weighted by atomic mass is 32.1. The van der Waals surface area contributed by atoms with E-state index >= 15 is 0 Å². The number of benzene rings is 2. The van der Waals surface area contributed by atoms with Crippen molar-refractivity contribution in [3.8, 4) is 0 Å². The first kappa shape index (κ1) is 20.4. The van der Waals surface area contributed by atoms with E-state index in [-0.39, 0.29) is 18.1 Å². The number of hydrogen-bond acceptors (Lipinski definition) is 3. The van der Waals surface area contributed by atoms with Crippen molar-refractivity contribution in [1.29, 1.82) is 0 Å². The molecule has 4 nitrogen and oxygen atoms in total. The molecule has 3 aromatic rings. The molecule has 0 saturated heterocycles. The standard InChI is InChI=1S/C23H29N3OS/c1-17(13-19-16-28-22-12-8-7-11-21(19)22)25-23(27)24-15-20(26(2)3)14-18-9-5-4-6-10-18/h4-12,16-17,20H,13-15H2,1-3H3,(H2,24,25,27)/t17-,20?/m1/s1. The van der Waals surface area contributed by atoms with Crippen LogP contribution in [-0.4, -0.2) is 43.7 Å². The quantitative estimate of drug-likeness (QED) is 0.597. The molecule has 0 spiro atoms. The molecule has 2 aromatic carbocycles. The summed E-state index contributed by atoms with van der Waals surface area (Å²) in [7, 11) is 4.11. The van der Waals surface area contributed by atoms with Crippen molar-refractivity contribution >= 4 is 27.5 Å². The lowest BCUT2D eigenvalue weighted by Crippen LogP contribution is -2.47. The van der Waals surface area contributed by atoms with Gasteiger partial charge >= 0.3 is 6.03 Å². The Labute approximate surface area is 171 Å². The lowest BCUT2D eigenvalue weighted by molar-refractivity contribution is 0.229. The molecule has 1 aromatic heterocycles. The van der Waals surface area contributed by atoms with E-state index < -0.39 is 0 Å². The summed E-state index contributed by atoms with van der Waals surface area (Å²) in [6, 6.07) is 19.0. The Morgan fingerprint density at radius 2 is 1.75 bits per heavy atom. The highest BCUT2D eigenvalue weighted by Gasteiger charge is 2.15. The van der Waals surface area contributed by atoms with E-state index in [4.69, 9.17) is 0 Å². The smallest absolute Gasteiger partial charge is 0.315 e. The third-order valence-corrected chi connectivity index (χ3v) is 6.02. The first-order chi connectivity index (χ1) is 13.5. The summed E-state index contributed by atoms with van der Waals surface area (Å²) in [4.78, 5) is 14.5. The fraction of sp³-hybridized carbons (Fsp3) is 0.348. The van der Waals surface area contributed by atoms with E-state index in [1.165, 1.54) is 21.2 Å². The monoisotopic (exact) mass is 395 g/mol. The van der Waals surface area contributed by atoms with E-state index in [0.29, 0.717) is 6.54 Å². The maximum atomic E-state index is 12.4. The summed E-state index contributed by atoms with van der Waals surface area (Å²) < 4.78 is 1.30. The number of likely N-dealkylation sites (N-methyl/N-ethyl adjacent to an activating group) is 1. The molecule has 0 aliphatic heterocycles. The van der Waals surface area contributed by atoms with Crippen molar-refractivity contribution in [2.24, 2.45) is 0 Å². The van der Waals surface area contributed by atoms with E-state index in [1.807, 2.05) is 6.07 Å². The van der Waals surface area contributed by atoms with Gasteiger partial charge in [-0.05, 0) is 61.8 Å². The normalized spacial score (nSPS) is 13.4. The van der Waals surface area contributed by atoms with Gasteiger partial charge in [0.05, 0.1) is 0 Å². The van der Waals surface area contributed by atoms with E-state index in [0.717, 1.165) is 12.8 Å². The molecule has 3 rings (SSSR count). The molecule has 0 saturated carbocycles. The molecule has 1 unspecified atom stereocenters. The lowest BCUT2D eigenvalue weighted by Gasteiger charge is -2.25. The second kappa shape index (κ2) is 9.71. The lowest BCUT2D eigenvalue weighted by atomic mass is 10.1. The molecule has 1 heterocycles. The number of nitrogens with one attached hydrogen (secondary N) is 2. The number of urea groups is 1. The number of hydrogen-bond donors (Lipinski definition) is 2. The van der Waals surface area contributed by atoms with Crippen molar-refractivity contribution < 1.29 is 4.79 Å². The number of thiophene rings is 1. The van der Waals surface area contributed by atoms with Crippen LogP contribution >= 0.6 is 11.3 Å². The van der Waals surface area contributed by atoms with Crippen LogP contribution in [0.2, 0.25) is 0 Å². The molecule has 148 valence electrons. The van der Waals surface area contributed by atoms with Crippen molar-refractivity contribution in [3.05, 3.63) is 71.1 Å². The molecule has 2 atom stereocenters. The van der Waals surface area contributed by atoms with Gasteiger partial charge in [-0.15, -0.1) is 11.3 Å². The highest BCUT2D eigenvalue weighted by molar-refractivity contribution is 7.17. The molecule has 2 N–H and O–H groups in total. The molecule has 0 bridgehead atoms. The predicted molar refractivity (Wildman–Crippen MR) is 119 cm³/mol. The van der Waals surface area contributed by atoms with Crippen LogP contribution in [0.25, 0.3) is 10.1 Å². The van der Waals surface area contributed by atoms with Gasteiger partial charge in [0.25, 0.3) is 0 Å². The Morgan fingerprint density at radius 3 is 2.50 bits per heavy atom. The molecule has 0 aliphatic rings. The van der Waals surface area contributed by atoms with Crippen LogP contribution < -0.4 is 10.6 Å². The topological polar surface area (TPSA) is 44.4 Å². The minimum atomic E-state index is -0.105. The molecule has 0 fully saturated rings. The highest BCUT2D eigenvalue weighted by Crippen LogP contribution is 2.26. The van der Waals surface area contributed by atoms with Crippen molar-refractivity contribution in [3.63, 3.8) is 0 Å². The Hall–Kier alpha value is -2.37. The fourth-order valence-corrected chi connectivity index (χ4v) is 4.36. The van der Waals surface area contributed by atoms with Gasteiger partial charge in [0.15, 0.2) is 0 Å². The Morgan fingerprint density at radius 1 is 1.04 bits per heavy atom. The number of rotatable bonds is 8. The second-order valence-corrected chi connectivity index (χ2v) is 8.44. The zero-order valence-electron chi connectivity index (χ0n) is 16.8. The molecule has 0 radical (unpaired) electrons. The largest absolute Gasteiger partial charge is 0.337 e. The average Bonchev–Trinajstić information content (AvgIpc) is 3.08. The Balaban J connectivity index is 1.49. The number of amides is 2.